The minimum Gasteiger partial charge on any atom is -0.490 e. The topological polar surface area (TPSA) is 66.9 Å². The number of amides is 3. The van der Waals surface area contributed by atoms with Crippen LogP contribution in [-0.4, -0.2) is 53.3 Å². The van der Waals surface area contributed by atoms with Gasteiger partial charge < -0.3 is 9.64 Å². The Morgan fingerprint density at radius 3 is 2.04 bits per heavy atom. The van der Waals surface area contributed by atoms with Crippen molar-refractivity contribution in [2.45, 2.75) is 18.9 Å². The number of hydrogen-bond donors (Lipinski definition) is 0. The molecule has 0 aliphatic carbocycles. The fourth-order valence-corrected chi connectivity index (χ4v) is 3.53. The van der Waals surface area contributed by atoms with Crippen LogP contribution in [0.2, 0.25) is 0 Å². The predicted molar refractivity (Wildman–Crippen MR) is 98.5 cm³/mol. The lowest BCUT2D eigenvalue weighted by Crippen LogP contribution is -2.47. The Morgan fingerprint density at radius 2 is 1.44 bits per heavy atom. The van der Waals surface area contributed by atoms with Crippen molar-refractivity contribution in [3.63, 3.8) is 0 Å². The molecule has 138 valence electrons. The number of rotatable bonds is 4. The van der Waals surface area contributed by atoms with Gasteiger partial charge in [-0.15, -0.1) is 0 Å². The first kappa shape index (κ1) is 17.3. The number of benzene rings is 2. The molecule has 0 saturated carbocycles. The fraction of sp³-hybridized carbons (Fsp3) is 0.286. The largest absolute Gasteiger partial charge is 0.490 e. The van der Waals surface area contributed by atoms with Gasteiger partial charge in [-0.1, -0.05) is 30.3 Å². The molecule has 2 aromatic rings. The van der Waals surface area contributed by atoms with E-state index in [4.69, 9.17) is 4.74 Å². The molecule has 6 nitrogen and oxygen atoms in total. The molecule has 0 bridgehead atoms. The van der Waals surface area contributed by atoms with Gasteiger partial charge in [-0.05, 0) is 24.3 Å². The van der Waals surface area contributed by atoms with E-state index in [1.807, 2.05) is 30.3 Å². The van der Waals surface area contributed by atoms with Crippen LogP contribution in [0.15, 0.2) is 54.6 Å². The Kier molecular flexibility index (Phi) is 4.62. The minimum atomic E-state index is -0.397. The van der Waals surface area contributed by atoms with Gasteiger partial charge in [0.2, 0.25) is 5.91 Å². The first-order valence-corrected chi connectivity index (χ1v) is 9.08. The second-order valence-corrected chi connectivity index (χ2v) is 6.75. The number of hydrogen-bond acceptors (Lipinski definition) is 4. The number of para-hydroxylation sites is 1. The smallest absolute Gasteiger partial charge is 0.262 e. The quantitative estimate of drug-likeness (QED) is 0.781. The second-order valence-electron chi connectivity index (χ2n) is 6.75. The summed E-state index contributed by atoms with van der Waals surface area (Å²) in [6, 6.07) is 16.3. The van der Waals surface area contributed by atoms with Crippen molar-refractivity contribution in [2.75, 3.05) is 19.6 Å². The molecule has 0 radical (unpaired) electrons. The Labute approximate surface area is 157 Å². The Morgan fingerprint density at radius 1 is 0.889 bits per heavy atom. The normalized spacial score (nSPS) is 17.2. The Hall–Kier alpha value is -3.15. The standard InChI is InChI=1S/C21H20N2O4/c24-19(14-23-20(25)17-8-4-5-9-18(17)21(23)26)22-12-10-16(11-13-22)27-15-6-2-1-3-7-15/h1-9,16H,10-14H2. The van der Waals surface area contributed by atoms with Gasteiger partial charge in [0.25, 0.3) is 11.8 Å². The summed E-state index contributed by atoms with van der Waals surface area (Å²) in [6.45, 7) is 0.898. The lowest BCUT2D eigenvalue weighted by molar-refractivity contribution is -0.133. The second kappa shape index (κ2) is 7.23. The molecule has 0 atom stereocenters. The zero-order valence-corrected chi connectivity index (χ0v) is 14.8. The molecule has 27 heavy (non-hydrogen) atoms. The predicted octanol–water partition coefficient (Wildman–Crippen LogP) is 2.35. The van der Waals surface area contributed by atoms with Crippen molar-refractivity contribution in [3.8, 4) is 5.75 Å². The average molecular weight is 364 g/mol. The molecule has 4 rings (SSSR count). The highest BCUT2D eigenvalue weighted by Crippen LogP contribution is 2.23. The summed E-state index contributed by atoms with van der Waals surface area (Å²) in [6.07, 6.45) is 1.52. The molecule has 0 N–H and O–H groups in total. The highest BCUT2D eigenvalue weighted by Gasteiger charge is 2.37. The molecule has 0 aromatic heterocycles. The van der Waals surface area contributed by atoms with Crippen molar-refractivity contribution < 1.29 is 19.1 Å². The number of imide groups is 1. The number of ether oxygens (including phenoxy) is 1. The van der Waals surface area contributed by atoms with Crippen LogP contribution >= 0.6 is 0 Å². The van der Waals surface area contributed by atoms with Crippen LogP contribution < -0.4 is 4.74 Å². The molecule has 2 aliphatic heterocycles. The third kappa shape index (κ3) is 3.43. The van der Waals surface area contributed by atoms with E-state index in [0.29, 0.717) is 24.2 Å². The number of carbonyl (C=O) groups is 3. The monoisotopic (exact) mass is 364 g/mol. The molecule has 0 spiro atoms. The molecule has 2 aliphatic rings. The highest BCUT2D eigenvalue weighted by molar-refractivity contribution is 6.22. The van der Waals surface area contributed by atoms with Gasteiger partial charge in [0, 0.05) is 25.9 Å². The lowest BCUT2D eigenvalue weighted by Gasteiger charge is -2.33. The van der Waals surface area contributed by atoms with E-state index in [1.54, 1.807) is 29.2 Å². The summed E-state index contributed by atoms with van der Waals surface area (Å²) in [5.41, 5.74) is 0.732. The summed E-state index contributed by atoms with van der Waals surface area (Å²) >= 11 is 0. The van der Waals surface area contributed by atoms with Gasteiger partial charge in [-0.3, -0.25) is 19.3 Å². The van der Waals surface area contributed by atoms with Gasteiger partial charge in [0.15, 0.2) is 0 Å². The van der Waals surface area contributed by atoms with E-state index in [0.717, 1.165) is 23.5 Å². The van der Waals surface area contributed by atoms with Gasteiger partial charge in [-0.25, -0.2) is 0 Å². The Balaban J connectivity index is 1.33. The van der Waals surface area contributed by atoms with Crippen molar-refractivity contribution in [3.05, 3.63) is 65.7 Å². The molecular formula is C21H20N2O4. The third-order valence-corrected chi connectivity index (χ3v) is 5.01. The zero-order valence-electron chi connectivity index (χ0n) is 14.8. The number of nitrogens with zero attached hydrogens (tertiary/aromatic N) is 2. The number of fused-ring (bicyclic) bond motifs is 1. The molecule has 2 heterocycles. The zero-order chi connectivity index (χ0) is 18.8. The number of likely N-dealkylation sites (tertiary alicyclic amines) is 1. The molecular weight excluding hydrogens is 344 g/mol. The van der Waals surface area contributed by atoms with Crippen LogP contribution in [0.4, 0.5) is 0 Å². The van der Waals surface area contributed by atoms with E-state index >= 15 is 0 Å². The summed E-state index contributed by atoms with van der Waals surface area (Å²) in [5.74, 6) is -0.173. The van der Waals surface area contributed by atoms with E-state index in [1.165, 1.54) is 0 Å². The molecule has 2 aromatic carbocycles. The SMILES string of the molecule is O=C(CN1C(=O)c2ccccc2C1=O)N1CCC(Oc2ccccc2)CC1. The van der Waals surface area contributed by atoms with Crippen LogP contribution in [0.3, 0.4) is 0 Å². The van der Waals surface area contributed by atoms with Gasteiger partial charge in [0.05, 0.1) is 11.1 Å². The molecule has 1 saturated heterocycles. The van der Waals surface area contributed by atoms with E-state index in [9.17, 15) is 14.4 Å². The van der Waals surface area contributed by atoms with Crippen molar-refractivity contribution in [1.82, 2.24) is 9.80 Å². The van der Waals surface area contributed by atoms with Gasteiger partial charge in [0.1, 0.15) is 18.4 Å². The first-order valence-electron chi connectivity index (χ1n) is 9.08. The third-order valence-electron chi connectivity index (χ3n) is 5.01. The Bertz CT molecular complexity index is 838. The molecule has 3 amide bonds. The van der Waals surface area contributed by atoms with Crippen LogP contribution in [-0.2, 0) is 4.79 Å². The maximum absolute atomic E-state index is 12.6. The maximum Gasteiger partial charge on any atom is 0.262 e. The fourth-order valence-electron chi connectivity index (χ4n) is 3.53. The average Bonchev–Trinajstić information content (AvgIpc) is 2.94. The summed E-state index contributed by atoms with van der Waals surface area (Å²) in [4.78, 5) is 40.1. The van der Waals surface area contributed by atoms with E-state index in [2.05, 4.69) is 0 Å². The number of piperidine rings is 1. The lowest BCUT2D eigenvalue weighted by atomic mass is 10.1. The van der Waals surface area contributed by atoms with Crippen molar-refractivity contribution in [1.29, 1.82) is 0 Å². The minimum absolute atomic E-state index is 0.0655. The van der Waals surface area contributed by atoms with Crippen molar-refractivity contribution >= 4 is 17.7 Å². The van der Waals surface area contributed by atoms with Gasteiger partial charge >= 0.3 is 0 Å². The van der Waals surface area contributed by atoms with Crippen LogP contribution in [0.25, 0.3) is 0 Å². The molecule has 0 unspecified atom stereocenters. The first-order chi connectivity index (χ1) is 13.1. The molecule has 1 fully saturated rings. The molecule has 6 heteroatoms. The highest BCUT2D eigenvalue weighted by atomic mass is 16.5. The summed E-state index contributed by atoms with van der Waals surface area (Å²) in [5, 5.41) is 0. The van der Waals surface area contributed by atoms with E-state index in [-0.39, 0.29) is 18.6 Å². The van der Waals surface area contributed by atoms with Crippen LogP contribution in [0.5, 0.6) is 5.75 Å². The van der Waals surface area contributed by atoms with Gasteiger partial charge in [-0.2, -0.15) is 0 Å². The van der Waals surface area contributed by atoms with Crippen LogP contribution in [0, 0.1) is 0 Å². The maximum atomic E-state index is 12.6. The van der Waals surface area contributed by atoms with Crippen molar-refractivity contribution in [2.24, 2.45) is 0 Å². The van der Waals surface area contributed by atoms with E-state index < -0.39 is 11.8 Å². The summed E-state index contributed by atoms with van der Waals surface area (Å²) in [7, 11) is 0. The number of carbonyl (C=O) groups excluding carboxylic acids is 3. The summed E-state index contributed by atoms with van der Waals surface area (Å²) < 4.78 is 5.94. The van der Waals surface area contributed by atoms with Crippen LogP contribution in [0.1, 0.15) is 33.6 Å².